The number of aromatic nitrogens is 2. The van der Waals surface area contributed by atoms with Crippen molar-refractivity contribution in [2.75, 3.05) is 13.1 Å². The minimum atomic E-state index is -2.67. The van der Waals surface area contributed by atoms with E-state index in [4.69, 9.17) is 0 Å². The molecule has 0 bridgehead atoms. The van der Waals surface area contributed by atoms with E-state index in [0.717, 1.165) is 13.1 Å². The van der Waals surface area contributed by atoms with Gasteiger partial charge in [-0.2, -0.15) is 13.8 Å². The summed E-state index contributed by atoms with van der Waals surface area (Å²) in [4.78, 5) is 3.56. The first kappa shape index (κ1) is 7.60. The van der Waals surface area contributed by atoms with E-state index in [1.807, 2.05) is 0 Å². The van der Waals surface area contributed by atoms with Gasteiger partial charge < -0.3 is 9.84 Å². The molecule has 0 atom stereocenters. The second kappa shape index (κ2) is 2.78. The monoisotopic (exact) mass is 175 g/mol. The van der Waals surface area contributed by atoms with Gasteiger partial charge in [-0.25, -0.2) is 0 Å². The van der Waals surface area contributed by atoms with Gasteiger partial charge in [0.15, 0.2) is 5.82 Å². The fourth-order valence-corrected chi connectivity index (χ4v) is 0.973. The third-order valence-corrected chi connectivity index (χ3v) is 1.79. The Hall–Kier alpha value is -1.04. The molecule has 0 radical (unpaired) electrons. The summed E-state index contributed by atoms with van der Waals surface area (Å²) in [5.41, 5.74) is 0. The zero-order valence-corrected chi connectivity index (χ0v) is 6.13. The number of nitrogens with zero attached hydrogens (tertiary/aromatic N) is 2. The summed E-state index contributed by atoms with van der Waals surface area (Å²) in [5, 5.41) is 6.44. The number of hydrogen-bond acceptors (Lipinski definition) is 4. The van der Waals surface area contributed by atoms with E-state index in [1.54, 1.807) is 0 Å². The van der Waals surface area contributed by atoms with Gasteiger partial charge >= 0.3 is 6.43 Å². The van der Waals surface area contributed by atoms with Crippen molar-refractivity contribution < 1.29 is 13.3 Å². The van der Waals surface area contributed by atoms with Gasteiger partial charge in [-0.15, -0.1) is 0 Å². The fourth-order valence-electron chi connectivity index (χ4n) is 0.973. The summed E-state index contributed by atoms with van der Waals surface area (Å²) in [6, 6.07) is 0. The molecule has 1 saturated heterocycles. The third-order valence-electron chi connectivity index (χ3n) is 1.79. The first-order valence-electron chi connectivity index (χ1n) is 3.59. The summed E-state index contributed by atoms with van der Waals surface area (Å²) in [6.45, 7) is 1.48. The van der Waals surface area contributed by atoms with E-state index >= 15 is 0 Å². The van der Waals surface area contributed by atoms with Gasteiger partial charge in [0.25, 0.3) is 5.89 Å². The number of nitrogens with one attached hydrogen (secondary N) is 1. The molecule has 0 spiro atoms. The Morgan fingerprint density at radius 2 is 2.25 bits per heavy atom. The van der Waals surface area contributed by atoms with E-state index in [1.165, 1.54) is 0 Å². The van der Waals surface area contributed by atoms with Crippen LogP contribution in [0, 0.1) is 0 Å². The molecule has 2 heterocycles. The Labute approximate surface area is 67.0 Å². The molecule has 0 unspecified atom stereocenters. The van der Waals surface area contributed by atoms with Crippen molar-refractivity contribution in [3.05, 3.63) is 11.7 Å². The van der Waals surface area contributed by atoms with E-state index in [9.17, 15) is 8.78 Å². The van der Waals surface area contributed by atoms with E-state index in [-0.39, 0.29) is 5.92 Å². The summed E-state index contributed by atoms with van der Waals surface area (Å²) in [6.07, 6.45) is -2.67. The highest BCUT2D eigenvalue weighted by molar-refractivity contribution is 5.02. The molecule has 0 aromatic carbocycles. The molecule has 4 nitrogen and oxygen atoms in total. The third kappa shape index (κ3) is 1.18. The lowest BCUT2D eigenvalue weighted by molar-refractivity contribution is 0.106. The van der Waals surface area contributed by atoms with Gasteiger partial charge in [-0.05, 0) is 0 Å². The molecule has 1 fully saturated rings. The van der Waals surface area contributed by atoms with E-state index in [2.05, 4.69) is 20.0 Å². The number of hydrogen-bond donors (Lipinski definition) is 1. The second-order valence-corrected chi connectivity index (χ2v) is 2.65. The SMILES string of the molecule is FC(F)c1nc(C2CNC2)no1. The Kier molecular flexibility index (Phi) is 1.76. The predicted molar refractivity (Wildman–Crippen MR) is 34.9 cm³/mol. The zero-order valence-electron chi connectivity index (χ0n) is 6.13. The van der Waals surface area contributed by atoms with Gasteiger partial charge in [-0.3, -0.25) is 0 Å². The van der Waals surface area contributed by atoms with Gasteiger partial charge in [0.2, 0.25) is 0 Å². The van der Waals surface area contributed by atoms with E-state index < -0.39 is 12.3 Å². The largest absolute Gasteiger partial charge is 0.333 e. The maximum Gasteiger partial charge on any atom is 0.315 e. The van der Waals surface area contributed by atoms with Crippen LogP contribution in [-0.4, -0.2) is 23.2 Å². The lowest BCUT2D eigenvalue weighted by Crippen LogP contribution is -2.40. The number of halogens is 2. The highest BCUT2D eigenvalue weighted by Crippen LogP contribution is 2.21. The van der Waals surface area contributed by atoms with Crippen LogP contribution in [0.1, 0.15) is 24.1 Å². The van der Waals surface area contributed by atoms with Crippen molar-refractivity contribution in [1.82, 2.24) is 15.5 Å². The van der Waals surface area contributed by atoms with Crippen LogP contribution in [0.3, 0.4) is 0 Å². The molecular weight excluding hydrogens is 168 g/mol. The Balaban J connectivity index is 2.12. The summed E-state index contributed by atoms with van der Waals surface area (Å²) in [7, 11) is 0. The van der Waals surface area contributed by atoms with Crippen molar-refractivity contribution in [1.29, 1.82) is 0 Å². The maximum absolute atomic E-state index is 12.0. The normalized spacial score (nSPS) is 18.2. The van der Waals surface area contributed by atoms with Gasteiger partial charge in [-0.1, -0.05) is 5.16 Å². The van der Waals surface area contributed by atoms with Crippen molar-refractivity contribution >= 4 is 0 Å². The predicted octanol–water partition coefficient (Wildman–Crippen LogP) is 0.694. The molecule has 1 aromatic heterocycles. The van der Waals surface area contributed by atoms with Crippen molar-refractivity contribution in [2.45, 2.75) is 12.3 Å². The molecule has 1 aromatic rings. The Morgan fingerprint density at radius 3 is 2.67 bits per heavy atom. The fraction of sp³-hybridized carbons (Fsp3) is 0.667. The van der Waals surface area contributed by atoms with Gasteiger partial charge in [0.1, 0.15) is 0 Å². The highest BCUT2D eigenvalue weighted by Gasteiger charge is 2.26. The van der Waals surface area contributed by atoms with Crippen LogP contribution in [0.2, 0.25) is 0 Å². The molecule has 1 aliphatic rings. The van der Waals surface area contributed by atoms with Gasteiger partial charge in [0, 0.05) is 19.0 Å². The Bertz CT molecular complexity index is 272. The summed E-state index contributed by atoms with van der Waals surface area (Å²) >= 11 is 0. The lowest BCUT2D eigenvalue weighted by Gasteiger charge is -2.23. The van der Waals surface area contributed by atoms with Crippen LogP contribution in [0.5, 0.6) is 0 Å². The van der Waals surface area contributed by atoms with Crippen LogP contribution in [0.4, 0.5) is 8.78 Å². The molecule has 6 heteroatoms. The van der Waals surface area contributed by atoms with Crippen molar-refractivity contribution in [3.63, 3.8) is 0 Å². The molecule has 1 N–H and O–H groups in total. The zero-order chi connectivity index (χ0) is 8.55. The second-order valence-electron chi connectivity index (χ2n) is 2.65. The van der Waals surface area contributed by atoms with Crippen LogP contribution < -0.4 is 5.32 Å². The molecular formula is C6H7F2N3O. The first-order chi connectivity index (χ1) is 5.77. The molecule has 0 aliphatic carbocycles. The average Bonchev–Trinajstić information content (AvgIpc) is 2.32. The molecule has 1 aliphatic heterocycles. The van der Waals surface area contributed by atoms with Crippen molar-refractivity contribution in [3.8, 4) is 0 Å². The Morgan fingerprint density at radius 1 is 1.50 bits per heavy atom. The molecule has 0 amide bonds. The maximum atomic E-state index is 12.0. The van der Waals surface area contributed by atoms with Crippen LogP contribution in [-0.2, 0) is 0 Å². The van der Waals surface area contributed by atoms with E-state index in [0.29, 0.717) is 5.82 Å². The van der Waals surface area contributed by atoms with Crippen LogP contribution >= 0.6 is 0 Å². The molecule has 66 valence electrons. The summed E-state index contributed by atoms with van der Waals surface area (Å²) in [5.74, 6) is -0.0674. The molecule has 0 saturated carbocycles. The number of alkyl halides is 2. The summed E-state index contributed by atoms with van der Waals surface area (Å²) < 4.78 is 28.3. The highest BCUT2D eigenvalue weighted by atomic mass is 19.3. The average molecular weight is 175 g/mol. The van der Waals surface area contributed by atoms with Crippen molar-refractivity contribution in [2.24, 2.45) is 0 Å². The quantitative estimate of drug-likeness (QED) is 0.718. The molecule has 12 heavy (non-hydrogen) atoms. The topological polar surface area (TPSA) is 51.0 Å². The van der Waals surface area contributed by atoms with Crippen LogP contribution in [0.15, 0.2) is 4.52 Å². The standard InChI is InChI=1S/C6H7F2N3O/c7-4(8)6-10-5(11-12-6)3-1-9-2-3/h3-4,9H,1-2H2. The minimum Gasteiger partial charge on any atom is -0.333 e. The first-order valence-corrected chi connectivity index (χ1v) is 3.59. The van der Waals surface area contributed by atoms with Crippen LogP contribution in [0.25, 0.3) is 0 Å². The van der Waals surface area contributed by atoms with Gasteiger partial charge in [0.05, 0.1) is 0 Å². The molecule has 2 rings (SSSR count). The lowest BCUT2D eigenvalue weighted by atomic mass is 10.0. The number of rotatable bonds is 2. The smallest absolute Gasteiger partial charge is 0.315 e. The minimum absolute atomic E-state index is 0.140.